The molecule has 10 nitrogen and oxygen atoms in total. The third kappa shape index (κ3) is 6.25. The second-order valence-corrected chi connectivity index (χ2v) is 11.1. The van der Waals surface area contributed by atoms with Crippen molar-refractivity contribution in [3.05, 3.63) is 93.5 Å². The topological polar surface area (TPSA) is 106 Å². The lowest BCUT2D eigenvalue weighted by Crippen LogP contribution is -2.76. The molecule has 3 aromatic carbocycles. The van der Waals surface area contributed by atoms with Gasteiger partial charge in [-0.25, -0.2) is 14.8 Å². The SMILES string of the molecule is COc1ccc(CNC(=O)N2[C@H]3CN(Cc4ccc(Cl)cc4Cl)C(=O)[C@H](Cc4ccc(O)cc4)N3C(=O)CN2C)cc1. The zero-order valence-corrected chi connectivity index (χ0v) is 24.7. The molecule has 2 N–H and O–H groups in total. The van der Waals surface area contributed by atoms with Gasteiger partial charge in [0.1, 0.15) is 23.7 Å². The lowest BCUT2D eigenvalue weighted by Gasteiger charge is -2.54. The van der Waals surface area contributed by atoms with Crippen molar-refractivity contribution in [2.75, 3.05) is 27.2 Å². The first kappa shape index (κ1) is 29.5. The molecule has 0 unspecified atom stereocenters. The van der Waals surface area contributed by atoms with Crippen molar-refractivity contribution in [1.29, 1.82) is 0 Å². The number of hydrogen-bond donors (Lipinski definition) is 2. The van der Waals surface area contributed by atoms with Crippen molar-refractivity contribution in [2.24, 2.45) is 0 Å². The van der Waals surface area contributed by atoms with E-state index in [1.165, 1.54) is 22.0 Å². The van der Waals surface area contributed by atoms with Crippen LogP contribution in [0.3, 0.4) is 0 Å². The Balaban J connectivity index is 1.44. The van der Waals surface area contributed by atoms with Crippen molar-refractivity contribution >= 4 is 41.0 Å². The summed E-state index contributed by atoms with van der Waals surface area (Å²) >= 11 is 12.5. The quantitative estimate of drug-likeness (QED) is 0.420. The van der Waals surface area contributed by atoms with Crippen LogP contribution in [-0.4, -0.2) is 82.2 Å². The third-order valence-corrected chi connectivity index (χ3v) is 8.08. The summed E-state index contributed by atoms with van der Waals surface area (Å²) in [5.74, 6) is 0.285. The van der Waals surface area contributed by atoms with Crippen LogP contribution >= 0.6 is 23.2 Å². The van der Waals surface area contributed by atoms with E-state index in [4.69, 9.17) is 27.9 Å². The molecule has 2 aliphatic heterocycles. The second kappa shape index (κ2) is 12.5. The molecule has 2 aliphatic rings. The van der Waals surface area contributed by atoms with Gasteiger partial charge in [0.15, 0.2) is 0 Å². The number of carbonyl (C=O) groups is 3. The first-order valence-electron chi connectivity index (χ1n) is 13.4. The number of fused-ring (bicyclic) bond motifs is 1. The van der Waals surface area contributed by atoms with E-state index >= 15 is 0 Å². The summed E-state index contributed by atoms with van der Waals surface area (Å²) in [5.41, 5.74) is 2.33. The molecule has 2 fully saturated rings. The first-order valence-corrected chi connectivity index (χ1v) is 14.1. The van der Waals surface area contributed by atoms with E-state index in [0.29, 0.717) is 21.4 Å². The highest BCUT2D eigenvalue weighted by Crippen LogP contribution is 2.30. The lowest BCUT2D eigenvalue weighted by atomic mass is 9.98. The number of urea groups is 1. The smallest absolute Gasteiger partial charge is 0.334 e. The molecule has 42 heavy (non-hydrogen) atoms. The average molecular weight is 613 g/mol. The van der Waals surface area contributed by atoms with Crippen LogP contribution in [0, 0.1) is 0 Å². The number of phenols is 1. The van der Waals surface area contributed by atoms with Gasteiger partial charge in [0.05, 0.1) is 20.2 Å². The molecular weight excluding hydrogens is 581 g/mol. The number of hydrazine groups is 1. The van der Waals surface area contributed by atoms with E-state index in [2.05, 4.69) is 5.32 Å². The summed E-state index contributed by atoms with van der Waals surface area (Å²) in [4.78, 5) is 44.2. The molecular formula is C30H31Cl2N5O5. The van der Waals surface area contributed by atoms with Gasteiger partial charge in [0.2, 0.25) is 11.8 Å². The molecule has 0 spiro atoms. The largest absolute Gasteiger partial charge is 0.508 e. The molecule has 0 aliphatic carbocycles. The number of rotatable bonds is 7. The van der Waals surface area contributed by atoms with Gasteiger partial charge in [-0.15, -0.1) is 0 Å². The standard InChI is InChI=1S/C30H31Cl2N5O5/c1-34-18-28(39)36-26(13-19-3-9-23(38)10-4-19)29(40)35(16-21-7-8-22(31)14-25(21)32)17-27(36)37(34)30(41)33-15-20-5-11-24(42-2)12-6-20/h3-12,14,26-27,38H,13,15-18H2,1-2H3,(H,33,41)/t26-,27-/m0/s1. The predicted molar refractivity (Wildman–Crippen MR) is 158 cm³/mol. The van der Waals surface area contributed by atoms with Gasteiger partial charge in [-0.1, -0.05) is 53.5 Å². The maximum Gasteiger partial charge on any atom is 0.334 e. The Kier molecular flexibility index (Phi) is 8.77. The summed E-state index contributed by atoms with van der Waals surface area (Å²) in [5, 5.41) is 16.7. The van der Waals surface area contributed by atoms with Crippen LogP contribution in [0.25, 0.3) is 0 Å². The number of nitrogens with zero attached hydrogens (tertiary/aromatic N) is 4. The molecule has 4 amide bonds. The molecule has 0 aromatic heterocycles. The van der Waals surface area contributed by atoms with Gasteiger partial charge in [-0.05, 0) is 53.1 Å². The zero-order valence-electron chi connectivity index (χ0n) is 23.2. The maximum absolute atomic E-state index is 14.0. The van der Waals surface area contributed by atoms with E-state index in [9.17, 15) is 19.5 Å². The van der Waals surface area contributed by atoms with E-state index in [0.717, 1.165) is 11.1 Å². The number of likely N-dealkylation sites (N-methyl/N-ethyl adjacent to an activating group) is 1. The maximum atomic E-state index is 14.0. The van der Waals surface area contributed by atoms with Crippen molar-refractivity contribution in [3.63, 3.8) is 0 Å². The van der Waals surface area contributed by atoms with Crippen LogP contribution < -0.4 is 10.1 Å². The number of ether oxygens (including phenoxy) is 1. The van der Waals surface area contributed by atoms with E-state index < -0.39 is 18.2 Å². The van der Waals surface area contributed by atoms with E-state index in [1.807, 2.05) is 24.3 Å². The molecule has 0 radical (unpaired) electrons. The minimum atomic E-state index is -0.877. The molecule has 5 rings (SSSR count). The minimum absolute atomic E-state index is 0.0746. The highest BCUT2D eigenvalue weighted by atomic mass is 35.5. The van der Waals surface area contributed by atoms with Gasteiger partial charge in [-0.2, -0.15) is 0 Å². The number of phenolic OH excluding ortho intramolecular Hbond substituents is 1. The molecule has 0 bridgehead atoms. The van der Waals surface area contributed by atoms with E-state index in [1.54, 1.807) is 54.4 Å². The van der Waals surface area contributed by atoms with Gasteiger partial charge in [-0.3, -0.25) is 9.59 Å². The van der Waals surface area contributed by atoms with Crippen molar-refractivity contribution < 1.29 is 24.2 Å². The Labute approximate surface area is 253 Å². The minimum Gasteiger partial charge on any atom is -0.508 e. The Hall–Kier alpha value is -3.99. The third-order valence-electron chi connectivity index (χ3n) is 7.49. The van der Waals surface area contributed by atoms with E-state index in [-0.39, 0.29) is 50.2 Å². The first-order chi connectivity index (χ1) is 20.1. The summed E-state index contributed by atoms with van der Waals surface area (Å²) in [6.07, 6.45) is -0.560. The van der Waals surface area contributed by atoms with Crippen LogP contribution in [-0.2, 0) is 29.1 Å². The molecule has 3 aromatic rings. The Bertz CT molecular complexity index is 1470. The number of aromatic hydroxyl groups is 1. The lowest BCUT2D eigenvalue weighted by molar-refractivity contribution is -0.187. The van der Waals surface area contributed by atoms with Crippen LogP contribution in [0.15, 0.2) is 66.7 Å². The van der Waals surface area contributed by atoms with Crippen LogP contribution in [0.2, 0.25) is 10.0 Å². The van der Waals surface area contributed by atoms with Crippen LogP contribution in [0.5, 0.6) is 11.5 Å². The van der Waals surface area contributed by atoms with Crippen molar-refractivity contribution in [2.45, 2.75) is 31.7 Å². The molecule has 12 heteroatoms. The monoisotopic (exact) mass is 611 g/mol. The number of carbonyl (C=O) groups excluding carboxylic acids is 3. The summed E-state index contributed by atoms with van der Waals surface area (Å²) < 4.78 is 5.21. The van der Waals surface area contributed by atoms with Crippen LogP contribution in [0.4, 0.5) is 4.79 Å². The number of piperazine rings is 1. The van der Waals surface area contributed by atoms with Crippen LogP contribution in [0.1, 0.15) is 16.7 Å². The summed E-state index contributed by atoms with van der Waals surface area (Å²) in [6, 6.07) is 17.7. The fraction of sp³-hybridized carbons (Fsp3) is 0.300. The van der Waals surface area contributed by atoms with Crippen molar-refractivity contribution in [1.82, 2.24) is 25.1 Å². The molecule has 2 saturated heterocycles. The Morgan fingerprint density at radius 1 is 1.02 bits per heavy atom. The Morgan fingerprint density at radius 2 is 1.71 bits per heavy atom. The number of amides is 4. The number of halogens is 2. The second-order valence-electron chi connectivity index (χ2n) is 10.3. The van der Waals surface area contributed by atoms with Gasteiger partial charge in [0, 0.05) is 36.6 Å². The van der Waals surface area contributed by atoms with Gasteiger partial charge in [0.25, 0.3) is 0 Å². The normalized spacial score (nSPS) is 19.1. The fourth-order valence-electron chi connectivity index (χ4n) is 5.36. The summed E-state index contributed by atoms with van der Waals surface area (Å²) in [6.45, 7) is 0.434. The highest BCUT2D eigenvalue weighted by Gasteiger charge is 2.50. The average Bonchev–Trinajstić information content (AvgIpc) is 2.96. The zero-order chi connectivity index (χ0) is 30.0. The van der Waals surface area contributed by atoms with Crippen molar-refractivity contribution in [3.8, 4) is 11.5 Å². The number of nitrogens with one attached hydrogen (secondary N) is 1. The number of benzene rings is 3. The molecule has 2 heterocycles. The molecule has 220 valence electrons. The predicted octanol–water partition coefficient (Wildman–Crippen LogP) is 3.89. The number of hydrogen-bond acceptors (Lipinski definition) is 6. The molecule has 2 atom stereocenters. The highest BCUT2D eigenvalue weighted by molar-refractivity contribution is 6.35. The van der Waals surface area contributed by atoms with Gasteiger partial charge >= 0.3 is 6.03 Å². The summed E-state index contributed by atoms with van der Waals surface area (Å²) in [7, 11) is 3.26. The fourth-order valence-corrected chi connectivity index (χ4v) is 5.83. The molecule has 0 saturated carbocycles. The Morgan fingerprint density at radius 3 is 2.38 bits per heavy atom. The van der Waals surface area contributed by atoms with Gasteiger partial charge < -0.3 is 25.0 Å². The number of methoxy groups -OCH3 is 1.